The Kier molecular flexibility index (Phi) is 5.78. The number of nitrogens with one attached hydrogen (secondary N) is 2. The number of thiocarbonyl (C=S) groups is 1. The van der Waals surface area contributed by atoms with E-state index in [1.54, 1.807) is 18.2 Å². The minimum absolute atomic E-state index is 0.169. The van der Waals surface area contributed by atoms with E-state index in [0.717, 1.165) is 0 Å². The summed E-state index contributed by atoms with van der Waals surface area (Å²) in [6, 6.07) is 6.43. The highest BCUT2D eigenvalue weighted by Gasteiger charge is 2.11. The van der Waals surface area contributed by atoms with Crippen LogP contribution in [-0.4, -0.2) is 30.2 Å². The topological polar surface area (TPSA) is 98.5 Å². The van der Waals surface area contributed by atoms with Crippen LogP contribution >= 0.6 is 23.8 Å². The van der Waals surface area contributed by atoms with E-state index in [4.69, 9.17) is 39.0 Å². The number of benzene rings is 1. The van der Waals surface area contributed by atoms with Crippen molar-refractivity contribution in [3.05, 3.63) is 41.2 Å². The third kappa shape index (κ3) is 4.24. The van der Waals surface area contributed by atoms with Crippen molar-refractivity contribution in [2.45, 2.75) is 0 Å². The van der Waals surface area contributed by atoms with Crippen molar-refractivity contribution in [3.8, 4) is 11.5 Å². The summed E-state index contributed by atoms with van der Waals surface area (Å²) in [5, 5.41) is 6.61. The maximum Gasteiger partial charge on any atom is 0.267 e. The van der Waals surface area contributed by atoms with Gasteiger partial charge in [-0.3, -0.25) is 4.79 Å². The second kappa shape index (κ2) is 7.80. The van der Waals surface area contributed by atoms with E-state index in [9.17, 15) is 4.79 Å². The van der Waals surface area contributed by atoms with Gasteiger partial charge in [0.15, 0.2) is 5.11 Å². The van der Waals surface area contributed by atoms with Crippen LogP contribution in [0.1, 0.15) is 10.5 Å². The molecule has 1 aromatic carbocycles. The number of anilines is 2. The van der Waals surface area contributed by atoms with Crippen LogP contribution in [0.4, 0.5) is 11.4 Å². The van der Waals surface area contributed by atoms with E-state index in [0.29, 0.717) is 33.0 Å². The maximum atomic E-state index is 11.0. The van der Waals surface area contributed by atoms with E-state index < -0.39 is 5.91 Å². The lowest BCUT2D eigenvalue weighted by Crippen LogP contribution is -2.20. The van der Waals surface area contributed by atoms with Gasteiger partial charge >= 0.3 is 0 Å². The van der Waals surface area contributed by atoms with Crippen molar-refractivity contribution in [2.75, 3.05) is 24.9 Å². The Balaban J connectivity index is 2.12. The molecule has 0 atom stereocenters. The van der Waals surface area contributed by atoms with Gasteiger partial charge in [-0.1, -0.05) is 11.6 Å². The molecule has 2 rings (SSSR count). The van der Waals surface area contributed by atoms with Crippen molar-refractivity contribution in [2.24, 2.45) is 5.73 Å². The van der Waals surface area contributed by atoms with Gasteiger partial charge in [-0.05, 0) is 30.4 Å². The van der Waals surface area contributed by atoms with Crippen molar-refractivity contribution in [1.82, 2.24) is 4.98 Å². The third-order valence-electron chi connectivity index (χ3n) is 3.00. The molecule has 24 heavy (non-hydrogen) atoms. The SMILES string of the molecule is COc1cc(OC)c(NC(=S)Nc2ccc(C(N)=O)nc2)cc1Cl. The Morgan fingerprint density at radius 1 is 1.21 bits per heavy atom. The standard InChI is InChI=1S/C15H15ClN4O3S/c1-22-12-6-13(23-2)11(5-9(12)16)20-15(24)19-8-3-4-10(14(17)21)18-7-8/h3-7H,1-2H3,(H2,17,21)(H2,19,20,24). The normalized spacial score (nSPS) is 9.96. The van der Waals surface area contributed by atoms with Gasteiger partial charge in [0.2, 0.25) is 0 Å². The summed E-state index contributed by atoms with van der Waals surface area (Å²) >= 11 is 11.4. The fourth-order valence-electron chi connectivity index (χ4n) is 1.86. The molecule has 0 bridgehead atoms. The number of methoxy groups -OCH3 is 2. The van der Waals surface area contributed by atoms with Crippen molar-refractivity contribution in [1.29, 1.82) is 0 Å². The number of nitrogens with two attached hydrogens (primary N) is 1. The highest BCUT2D eigenvalue weighted by Crippen LogP contribution is 2.35. The molecule has 0 unspecified atom stereocenters. The van der Waals surface area contributed by atoms with Crippen molar-refractivity contribution < 1.29 is 14.3 Å². The molecule has 0 radical (unpaired) electrons. The number of ether oxygens (including phenoxy) is 2. The number of aromatic nitrogens is 1. The fourth-order valence-corrected chi connectivity index (χ4v) is 2.32. The predicted molar refractivity (Wildman–Crippen MR) is 97.2 cm³/mol. The van der Waals surface area contributed by atoms with Crippen LogP contribution in [0.2, 0.25) is 5.02 Å². The predicted octanol–water partition coefficient (Wildman–Crippen LogP) is 2.66. The molecule has 7 nitrogen and oxygen atoms in total. The number of hydrogen-bond donors (Lipinski definition) is 3. The molecule has 0 aliphatic rings. The van der Waals surface area contributed by atoms with E-state index in [2.05, 4.69) is 15.6 Å². The molecule has 0 saturated heterocycles. The van der Waals surface area contributed by atoms with Gasteiger partial charge in [-0.25, -0.2) is 4.98 Å². The van der Waals surface area contributed by atoms with E-state index in [-0.39, 0.29) is 5.69 Å². The average molecular weight is 367 g/mol. The maximum absolute atomic E-state index is 11.0. The van der Waals surface area contributed by atoms with Gasteiger partial charge in [0, 0.05) is 6.07 Å². The van der Waals surface area contributed by atoms with Crippen LogP contribution in [0.5, 0.6) is 11.5 Å². The first-order chi connectivity index (χ1) is 11.4. The molecule has 126 valence electrons. The van der Waals surface area contributed by atoms with Gasteiger partial charge in [0.05, 0.1) is 36.8 Å². The number of primary amides is 1. The molecular formula is C15H15ClN4O3S. The van der Waals surface area contributed by atoms with Gasteiger partial charge in [-0.2, -0.15) is 0 Å². The molecule has 0 aliphatic heterocycles. The number of halogens is 1. The number of amides is 1. The molecular weight excluding hydrogens is 352 g/mol. The lowest BCUT2D eigenvalue weighted by Gasteiger charge is -2.15. The highest BCUT2D eigenvalue weighted by atomic mass is 35.5. The smallest absolute Gasteiger partial charge is 0.267 e. The number of pyridine rings is 1. The molecule has 4 N–H and O–H groups in total. The first-order valence-corrected chi connectivity index (χ1v) is 7.48. The molecule has 9 heteroatoms. The van der Waals surface area contributed by atoms with Crippen LogP contribution in [0.25, 0.3) is 0 Å². The summed E-state index contributed by atoms with van der Waals surface area (Å²) in [6.07, 6.45) is 1.45. The van der Waals surface area contributed by atoms with Crippen LogP contribution in [-0.2, 0) is 0 Å². The van der Waals surface area contributed by atoms with Gasteiger partial charge < -0.3 is 25.8 Å². The Hall–Kier alpha value is -2.58. The number of rotatable bonds is 5. The van der Waals surface area contributed by atoms with Crippen LogP contribution < -0.4 is 25.8 Å². The zero-order valence-corrected chi connectivity index (χ0v) is 14.5. The Labute approximate surface area is 149 Å². The minimum atomic E-state index is -0.597. The summed E-state index contributed by atoms with van der Waals surface area (Å²) in [4.78, 5) is 14.9. The molecule has 2 aromatic rings. The summed E-state index contributed by atoms with van der Waals surface area (Å²) in [5.74, 6) is 0.409. The van der Waals surface area contributed by atoms with Crippen molar-refractivity contribution in [3.63, 3.8) is 0 Å². The number of hydrogen-bond acceptors (Lipinski definition) is 5. The second-order valence-electron chi connectivity index (χ2n) is 4.56. The molecule has 1 heterocycles. The number of carbonyl (C=O) groups is 1. The lowest BCUT2D eigenvalue weighted by atomic mass is 10.2. The Bertz CT molecular complexity index is 768. The third-order valence-corrected chi connectivity index (χ3v) is 3.50. The second-order valence-corrected chi connectivity index (χ2v) is 5.38. The van der Waals surface area contributed by atoms with Crippen LogP contribution in [0.15, 0.2) is 30.5 Å². The minimum Gasteiger partial charge on any atom is -0.495 e. The zero-order valence-electron chi connectivity index (χ0n) is 12.9. The average Bonchev–Trinajstić information content (AvgIpc) is 2.55. The molecule has 1 amide bonds. The van der Waals surface area contributed by atoms with Crippen LogP contribution in [0, 0.1) is 0 Å². The first kappa shape index (κ1) is 17.8. The molecule has 0 fully saturated rings. The fraction of sp³-hybridized carbons (Fsp3) is 0.133. The van der Waals surface area contributed by atoms with E-state index in [1.807, 2.05) is 0 Å². The van der Waals surface area contributed by atoms with Gasteiger partial charge in [0.1, 0.15) is 17.2 Å². The first-order valence-electron chi connectivity index (χ1n) is 6.70. The lowest BCUT2D eigenvalue weighted by molar-refractivity contribution is 0.0995. The molecule has 0 saturated carbocycles. The van der Waals surface area contributed by atoms with E-state index >= 15 is 0 Å². The van der Waals surface area contributed by atoms with Crippen molar-refractivity contribution >= 4 is 46.2 Å². The summed E-state index contributed by atoms with van der Waals surface area (Å²) in [6.45, 7) is 0. The number of carbonyl (C=O) groups excluding carboxylic acids is 1. The van der Waals surface area contributed by atoms with Gasteiger partial charge in [0.25, 0.3) is 5.91 Å². The summed E-state index contributed by atoms with van der Waals surface area (Å²) < 4.78 is 10.4. The molecule has 1 aromatic heterocycles. The monoisotopic (exact) mass is 366 g/mol. The number of nitrogens with zero attached hydrogens (tertiary/aromatic N) is 1. The Morgan fingerprint density at radius 2 is 1.92 bits per heavy atom. The van der Waals surface area contributed by atoms with Gasteiger partial charge in [-0.15, -0.1) is 0 Å². The van der Waals surface area contributed by atoms with Crippen LogP contribution in [0.3, 0.4) is 0 Å². The van der Waals surface area contributed by atoms with E-state index in [1.165, 1.54) is 26.5 Å². The Morgan fingerprint density at radius 3 is 2.46 bits per heavy atom. The quantitative estimate of drug-likeness (QED) is 0.699. The summed E-state index contributed by atoms with van der Waals surface area (Å²) in [7, 11) is 3.04. The highest BCUT2D eigenvalue weighted by molar-refractivity contribution is 7.80. The summed E-state index contributed by atoms with van der Waals surface area (Å²) in [5.41, 5.74) is 6.48. The zero-order chi connectivity index (χ0) is 17.7. The molecule has 0 spiro atoms. The largest absolute Gasteiger partial charge is 0.495 e. The molecule has 0 aliphatic carbocycles.